The summed E-state index contributed by atoms with van der Waals surface area (Å²) in [6.07, 6.45) is 0. The van der Waals surface area contributed by atoms with Gasteiger partial charge in [0.15, 0.2) is 11.6 Å². The van der Waals surface area contributed by atoms with Crippen LogP contribution in [-0.4, -0.2) is 20.5 Å². The zero-order chi connectivity index (χ0) is 12.5. The fourth-order valence-electron chi connectivity index (χ4n) is 0.990. The minimum absolute atomic E-state index is 0.528. The summed E-state index contributed by atoms with van der Waals surface area (Å²) in [7, 11) is 1.56. The van der Waals surface area contributed by atoms with Crippen molar-refractivity contribution >= 4 is 25.4 Å². The summed E-state index contributed by atoms with van der Waals surface area (Å²) in [5.74, 6) is -1.82. The normalized spacial score (nSPS) is 11.2. The molecule has 0 unspecified atom stereocenters. The molecule has 0 aliphatic carbocycles. The van der Waals surface area contributed by atoms with Gasteiger partial charge in [0.05, 0.1) is 18.1 Å². The molecule has 0 atom stereocenters. The predicted octanol–water partition coefficient (Wildman–Crippen LogP) is 1.67. The second-order valence-electron chi connectivity index (χ2n) is 2.66. The van der Waals surface area contributed by atoms with Gasteiger partial charge in [-0.1, -0.05) is 0 Å². The standard InChI is InChI=1S/C7H5ClFNO5S/c1-15-5-2-4(10(11)12)3-6(7(5)9)16(8,13)14/h2-3H,1H3. The molecule has 0 saturated heterocycles. The second kappa shape index (κ2) is 4.22. The number of non-ortho nitro benzene ring substituents is 1. The molecular weight excluding hydrogens is 265 g/mol. The van der Waals surface area contributed by atoms with Crippen LogP contribution < -0.4 is 4.74 Å². The highest BCUT2D eigenvalue weighted by atomic mass is 35.7. The maximum atomic E-state index is 13.4. The Morgan fingerprint density at radius 3 is 2.44 bits per heavy atom. The topological polar surface area (TPSA) is 86.5 Å². The van der Waals surface area contributed by atoms with E-state index in [1.54, 1.807) is 0 Å². The average Bonchev–Trinajstić information content (AvgIpc) is 2.15. The summed E-state index contributed by atoms with van der Waals surface area (Å²) in [6.45, 7) is 0. The molecule has 0 aliphatic heterocycles. The smallest absolute Gasteiger partial charge is 0.274 e. The highest BCUT2D eigenvalue weighted by Crippen LogP contribution is 2.31. The van der Waals surface area contributed by atoms with Gasteiger partial charge in [-0.05, 0) is 0 Å². The summed E-state index contributed by atoms with van der Waals surface area (Å²) in [6, 6.07) is 1.29. The van der Waals surface area contributed by atoms with Crippen LogP contribution in [0.15, 0.2) is 17.0 Å². The van der Waals surface area contributed by atoms with Crippen molar-refractivity contribution in [3.63, 3.8) is 0 Å². The predicted molar refractivity (Wildman–Crippen MR) is 52.6 cm³/mol. The van der Waals surface area contributed by atoms with Gasteiger partial charge in [0.25, 0.3) is 14.7 Å². The Hall–Kier alpha value is -1.41. The molecule has 1 aromatic carbocycles. The number of nitro groups is 1. The lowest BCUT2D eigenvalue weighted by atomic mass is 10.3. The van der Waals surface area contributed by atoms with Gasteiger partial charge in [0.2, 0.25) is 0 Å². The van der Waals surface area contributed by atoms with Crippen LogP contribution in [0.3, 0.4) is 0 Å². The van der Waals surface area contributed by atoms with E-state index in [9.17, 15) is 22.9 Å². The fraction of sp³-hybridized carbons (Fsp3) is 0.143. The molecule has 0 heterocycles. The van der Waals surface area contributed by atoms with Crippen molar-refractivity contribution in [2.75, 3.05) is 7.11 Å². The maximum Gasteiger partial charge on any atom is 0.274 e. The first-order chi connectivity index (χ1) is 7.27. The van der Waals surface area contributed by atoms with Crippen LogP contribution in [-0.2, 0) is 9.05 Å². The van der Waals surface area contributed by atoms with E-state index in [1.165, 1.54) is 0 Å². The number of methoxy groups -OCH3 is 1. The summed E-state index contributed by atoms with van der Waals surface area (Å²) in [4.78, 5) is 8.58. The Kier molecular flexibility index (Phi) is 3.34. The third-order valence-corrected chi connectivity index (χ3v) is 3.01. The fourth-order valence-corrected chi connectivity index (χ4v) is 1.90. The van der Waals surface area contributed by atoms with Crippen molar-refractivity contribution in [3.8, 4) is 5.75 Å². The van der Waals surface area contributed by atoms with Gasteiger partial charge in [0, 0.05) is 16.7 Å². The Labute approximate surface area is 94.2 Å². The van der Waals surface area contributed by atoms with Crippen molar-refractivity contribution in [3.05, 3.63) is 28.1 Å². The molecule has 1 aromatic rings. The number of benzene rings is 1. The maximum absolute atomic E-state index is 13.4. The van der Waals surface area contributed by atoms with Gasteiger partial charge in [-0.15, -0.1) is 0 Å². The van der Waals surface area contributed by atoms with Crippen molar-refractivity contribution in [1.29, 1.82) is 0 Å². The van der Waals surface area contributed by atoms with E-state index < -0.39 is 36.1 Å². The molecule has 16 heavy (non-hydrogen) atoms. The highest BCUT2D eigenvalue weighted by molar-refractivity contribution is 8.13. The first-order valence-electron chi connectivity index (χ1n) is 3.74. The van der Waals surface area contributed by atoms with Gasteiger partial charge in [-0.2, -0.15) is 0 Å². The molecule has 0 saturated carbocycles. The third-order valence-electron chi connectivity index (χ3n) is 1.68. The van der Waals surface area contributed by atoms with E-state index in [-0.39, 0.29) is 0 Å². The quantitative estimate of drug-likeness (QED) is 0.473. The highest BCUT2D eigenvalue weighted by Gasteiger charge is 2.24. The van der Waals surface area contributed by atoms with Gasteiger partial charge in [0.1, 0.15) is 4.90 Å². The third kappa shape index (κ3) is 2.39. The number of rotatable bonds is 3. The Balaban J connectivity index is 3.61. The van der Waals surface area contributed by atoms with E-state index in [4.69, 9.17) is 10.7 Å². The molecule has 1 rings (SSSR count). The largest absolute Gasteiger partial charge is 0.493 e. The van der Waals surface area contributed by atoms with E-state index >= 15 is 0 Å². The minimum Gasteiger partial charge on any atom is -0.493 e. The minimum atomic E-state index is -4.41. The van der Waals surface area contributed by atoms with Crippen LogP contribution in [0.25, 0.3) is 0 Å². The molecule has 0 spiro atoms. The van der Waals surface area contributed by atoms with Gasteiger partial charge in [-0.3, -0.25) is 10.1 Å². The number of hydrogen-bond acceptors (Lipinski definition) is 5. The van der Waals surface area contributed by atoms with E-state index in [2.05, 4.69) is 4.74 Å². The first kappa shape index (κ1) is 12.7. The van der Waals surface area contributed by atoms with Crippen molar-refractivity contribution in [2.45, 2.75) is 4.90 Å². The zero-order valence-electron chi connectivity index (χ0n) is 7.81. The monoisotopic (exact) mass is 269 g/mol. The zero-order valence-corrected chi connectivity index (χ0v) is 9.38. The molecule has 88 valence electrons. The Morgan fingerprint density at radius 2 is 2.06 bits per heavy atom. The molecule has 0 fully saturated rings. The molecule has 0 radical (unpaired) electrons. The number of nitro benzene ring substituents is 1. The number of hydrogen-bond donors (Lipinski definition) is 0. The van der Waals surface area contributed by atoms with E-state index in [0.29, 0.717) is 6.07 Å². The van der Waals surface area contributed by atoms with Crippen LogP contribution in [0, 0.1) is 15.9 Å². The molecule has 0 amide bonds. The van der Waals surface area contributed by atoms with Crippen molar-refractivity contribution in [1.82, 2.24) is 0 Å². The molecule has 6 nitrogen and oxygen atoms in total. The Morgan fingerprint density at radius 1 is 1.50 bits per heavy atom. The second-order valence-corrected chi connectivity index (χ2v) is 5.19. The molecule has 0 N–H and O–H groups in total. The van der Waals surface area contributed by atoms with Crippen LogP contribution in [0.5, 0.6) is 5.75 Å². The number of halogens is 2. The van der Waals surface area contributed by atoms with Gasteiger partial charge < -0.3 is 4.74 Å². The van der Waals surface area contributed by atoms with E-state index in [0.717, 1.165) is 13.2 Å². The summed E-state index contributed by atoms with van der Waals surface area (Å²) in [5.41, 5.74) is -0.627. The van der Waals surface area contributed by atoms with Crippen molar-refractivity contribution in [2.24, 2.45) is 0 Å². The summed E-state index contributed by atoms with van der Waals surface area (Å²) < 4.78 is 39.8. The van der Waals surface area contributed by atoms with Crippen molar-refractivity contribution < 1.29 is 22.5 Å². The van der Waals surface area contributed by atoms with Crippen LogP contribution in [0.2, 0.25) is 0 Å². The SMILES string of the molecule is COc1cc([N+](=O)[O-])cc(S(=O)(=O)Cl)c1F. The van der Waals surface area contributed by atoms with Crippen LogP contribution in [0.4, 0.5) is 10.1 Å². The summed E-state index contributed by atoms with van der Waals surface area (Å²) >= 11 is 0. The number of ether oxygens (including phenoxy) is 1. The molecule has 0 aromatic heterocycles. The average molecular weight is 270 g/mol. The lowest BCUT2D eigenvalue weighted by Crippen LogP contribution is -2.01. The molecule has 9 heteroatoms. The lowest BCUT2D eigenvalue weighted by molar-refractivity contribution is -0.385. The van der Waals surface area contributed by atoms with Gasteiger partial charge in [-0.25, -0.2) is 12.8 Å². The molecule has 0 aliphatic rings. The van der Waals surface area contributed by atoms with Gasteiger partial charge >= 0.3 is 0 Å². The number of nitrogens with zero attached hydrogens (tertiary/aromatic N) is 1. The summed E-state index contributed by atoms with van der Waals surface area (Å²) in [5, 5.41) is 10.4. The van der Waals surface area contributed by atoms with E-state index in [1.807, 2.05) is 0 Å². The molecular formula is C7H5ClFNO5S. The Bertz CT molecular complexity index is 544. The molecule has 0 bridgehead atoms. The van der Waals surface area contributed by atoms with Crippen LogP contribution in [0.1, 0.15) is 0 Å². The lowest BCUT2D eigenvalue weighted by Gasteiger charge is -2.04. The van der Waals surface area contributed by atoms with Crippen LogP contribution >= 0.6 is 10.7 Å². The first-order valence-corrected chi connectivity index (χ1v) is 6.05.